The van der Waals surface area contributed by atoms with Gasteiger partial charge in [-0.15, -0.1) is 0 Å². The molecule has 1 saturated heterocycles. The van der Waals surface area contributed by atoms with Crippen LogP contribution in [0.4, 0.5) is 10.1 Å². The summed E-state index contributed by atoms with van der Waals surface area (Å²) >= 11 is 5.84. The summed E-state index contributed by atoms with van der Waals surface area (Å²) in [5, 5.41) is 4.06. The number of halogens is 2. The van der Waals surface area contributed by atoms with Gasteiger partial charge in [0.15, 0.2) is 5.82 Å². The lowest BCUT2D eigenvalue weighted by atomic mass is 10.1. The lowest BCUT2D eigenvalue weighted by Crippen LogP contribution is -2.24. The highest BCUT2D eigenvalue weighted by Crippen LogP contribution is 2.33. The molecular formula is C20H17ClFN3O2. The van der Waals surface area contributed by atoms with E-state index in [1.54, 1.807) is 11.0 Å². The number of carbonyl (C=O) groups is 1. The molecule has 7 heteroatoms. The first-order chi connectivity index (χ1) is 12.9. The van der Waals surface area contributed by atoms with Crippen LogP contribution in [0.2, 0.25) is 5.02 Å². The Bertz CT molecular complexity index is 1010. The molecule has 0 bridgehead atoms. The topological polar surface area (TPSA) is 59.2 Å². The van der Waals surface area contributed by atoms with Gasteiger partial charge in [0.1, 0.15) is 5.82 Å². The van der Waals surface area contributed by atoms with Gasteiger partial charge >= 0.3 is 0 Å². The van der Waals surface area contributed by atoms with Crippen molar-refractivity contribution < 1.29 is 13.7 Å². The number of rotatable bonds is 3. The van der Waals surface area contributed by atoms with Crippen molar-refractivity contribution in [3.63, 3.8) is 0 Å². The van der Waals surface area contributed by atoms with E-state index >= 15 is 0 Å². The van der Waals surface area contributed by atoms with Gasteiger partial charge < -0.3 is 9.42 Å². The molecule has 0 radical (unpaired) electrons. The third kappa shape index (κ3) is 3.45. The predicted molar refractivity (Wildman–Crippen MR) is 100 cm³/mol. The highest BCUT2D eigenvalue weighted by molar-refractivity contribution is 6.31. The molecule has 5 nitrogen and oxygen atoms in total. The second-order valence-electron chi connectivity index (χ2n) is 6.84. The largest absolute Gasteiger partial charge is 0.334 e. The van der Waals surface area contributed by atoms with Crippen molar-refractivity contribution in [2.24, 2.45) is 0 Å². The third-order valence-corrected chi connectivity index (χ3v) is 4.91. The van der Waals surface area contributed by atoms with Gasteiger partial charge in [0.25, 0.3) is 5.89 Å². The van der Waals surface area contributed by atoms with Crippen LogP contribution in [0.3, 0.4) is 0 Å². The molecule has 0 unspecified atom stereocenters. The van der Waals surface area contributed by atoms with Gasteiger partial charge in [0, 0.05) is 30.1 Å². The van der Waals surface area contributed by atoms with E-state index in [0.29, 0.717) is 23.9 Å². The molecule has 1 amide bonds. The van der Waals surface area contributed by atoms with Crippen LogP contribution in [0, 0.1) is 19.7 Å². The number of anilines is 1. The van der Waals surface area contributed by atoms with E-state index in [0.717, 1.165) is 16.7 Å². The molecule has 27 heavy (non-hydrogen) atoms. The molecule has 0 aliphatic carbocycles. The fourth-order valence-corrected chi connectivity index (χ4v) is 3.57. The van der Waals surface area contributed by atoms with Crippen LogP contribution in [0.5, 0.6) is 0 Å². The molecular weight excluding hydrogens is 369 g/mol. The van der Waals surface area contributed by atoms with E-state index in [1.165, 1.54) is 12.1 Å². The summed E-state index contributed by atoms with van der Waals surface area (Å²) in [4.78, 5) is 18.5. The van der Waals surface area contributed by atoms with Crippen LogP contribution in [-0.2, 0) is 4.79 Å². The van der Waals surface area contributed by atoms with Gasteiger partial charge in [-0.25, -0.2) is 4.39 Å². The molecule has 1 aliphatic rings. The molecule has 4 rings (SSSR count). The molecule has 0 N–H and O–H groups in total. The maximum absolute atomic E-state index is 13.4. The average molecular weight is 386 g/mol. The maximum atomic E-state index is 13.4. The van der Waals surface area contributed by atoms with Gasteiger partial charge in [-0.3, -0.25) is 4.79 Å². The smallest absolute Gasteiger partial charge is 0.257 e. The zero-order valence-corrected chi connectivity index (χ0v) is 15.6. The summed E-state index contributed by atoms with van der Waals surface area (Å²) in [6.07, 6.45) is 0.265. The summed E-state index contributed by atoms with van der Waals surface area (Å²) in [5.74, 6) is 0.144. The van der Waals surface area contributed by atoms with Crippen molar-refractivity contribution in [2.45, 2.75) is 26.2 Å². The molecule has 2 aromatic carbocycles. The number of hydrogen-bond acceptors (Lipinski definition) is 4. The second-order valence-corrected chi connectivity index (χ2v) is 7.25. The molecule has 1 aromatic heterocycles. The first-order valence-electron chi connectivity index (χ1n) is 8.58. The SMILES string of the molecule is Cc1cc(C)cc(-c2nc([C@H]3CC(=O)N(c4ccc(F)c(Cl)c4)C3)no2)c1. The third-order valence-electron chi connectivity index (χ3n) is 4.62. The standard InChI is InChI=1S/C20H17ClFN3O2/c1-11-5-12(2)7-13(6-11)20-23-19(24-27-20)14-8-18(26)25(10-14)15-3-4-17(22)16(21)9-15/h3-7,9,14H,8,10H2,1-2H3/t14-/m0/s1. The maximum Gasteiger partial charge on any atom is 0.257 e. The van der Waals surface area contributed by atoms with E-state index in [9.17, 15) is 9.18 Å². The summed E-state index contributed by atoms with van der Waals surface area (Å²) in [7, 11) is 0. The predicted octanol–water partition coefficient (Wildman–Crippen LogP) is 4.67. The van der Waals surface area contributed by atoms with E-state index in [-0.39, 0.29) is 23.3 Å². The first kappa shape index (κ1) is 17.7. The lowest BCUT2D eigenvalue weighted by Gasteiger charge is -2.16. The zero-order chi connectivity index (χ0) is 19.1. The Hall–Kier alpha value is -2.73. The van der Waals surface area contributed by atoms with Crippen molar-refractivity contribution in [2.75, 3.05) is 11.4 Å². The van der Waals surface area contributed by atoms with Crippen LogP contribution in [-0.4, -0.2) is 22.6 Å². The minimum atomic E-state index is -0.514. The van der Waals surface area contributed by atoms with Crippen molar-refractivity contribution >= 4 is 23.2 Å². The zero-order valence-electron chi connectivity index (χ0n) is 14.9. The van der Waals surface area contributed by atoms with Crippen molar-refractivity contribution in [1.82, 2.24) is 10.1 Å². The van der Waals surface area contributed by atoms with Crippen LogP contribution in [0.15, 0.2) is 40.9 Å². The number of nitrogens with zero attached hydrogens (tertiary/aromatic N) is 3. The Morgan fingerprint density at radius 3 is 2.63 bits per heavy atom. The highest BCUT2D eigenvalue weighted by atomic mass is 35.5. The number of aryl methyl sites for hydroxylation is 2. The van der Waals surface area contributed by atoms with Crippen LogP contribution >= 0.6 is 11.6 Å². The molecule has 3 aromatic rings. The van der Waals surface area contributed by atoms with Gasteiger partial charge in [-0.2, -0.15) is 4.98 Å². The molecule has 138 valence electrons. The monoisotopic (exact) mass is 385 g/mol. The van der Waals surface area contributed by atoms with E-state index in [2.05, 4.69) is 16.2 Å². The van der Waals surface area contributed by atoms with Crippen LogP contribution < -0.4 is 4.90 Å². The Balaban J connectivity index is 1.57. The second kappa shape index (κ2) is 6.78. The molecule has 1 fully saturated rings. The normalized spacial score (nSPS) is 17.0. The fourth-order valence-electron chi connectivity index (χ4n) is 3.40. The minimum absolute atomic E-state index is 0.0135. The summed E-state index contributed by atoms with van der Waals surface area (Å²) in [5.41, 5.74) is 3.64. The Morgan fingerprint density at radius 2 is 1.93 bits per heavy atom. The van der Waals surface area contributed by atoms with Gasteiger partial charge in [0.05, 0.1) is 5.02 Å². The molecule has 0 saturated carbocycles. The van der Waals surface area contributed by atoms with E-state index in [4.69, 9.17) is 16.1 Å². The van der Waals surface area contributed by atoms with Crippen LogP contribution in [0.25, 0.3) is 11.5 Å². The van der Waals surface area contributed by atoms with E-state index < -0.39 is 5.82 Å². The first-order valence-corrected chi connectivity index (χ1v) is 8.96. The molecule has 0 spiro atoms. The van der Waals surface area contributed by atoms with Crippen molar-refractivity contribution in [1.29, 1.82) is 0 Å². The van der Waals surface area contributed by atoms with Crippen molar-refractivity contribution in [3.8, 4) is 11.5 Å². The highest BCUT2D eigenvalue weighted by Gasteiger charge is 2.35. The number of hydrogen-bond donors (Lipinski definition) is 0. The molecule has 2 heterocycles. The number of benzene rings is 2. The Labute approximate surface area is 160 Å². The summed E-state index contributed by atoms with van der Waals surface area (Å²) in [6, 6.07) is 10.3. The lowest BCUT2D eigenvalue weighted by molar-refractivity contribution is -0.117. The Kier molecular flexibility index (Phi) is 4.44. The van der Waals surface area contributed by atoms with Gasteiger partial charge in [-0.1, -0.05) is 34.0 Å². The van der Waals surface area contributed by atoms with Gasteiger partial charge in [-0.05, 0) is 44.2 Å². The van der Waals surface area contributed by atoms with E-state index in [1.807, 2.05) is 26.0 Å². The quantitative estimate of drug-likeness (QED) is 0.657. The van der Waals surface area contributed by atoms with Crippen molar-refractivity contribution in [3.05, 3.63) is 64.2 Å². The number of carbonyl (C=O) groups excluding carboxylic acids is 1. The van der Waals surface area contributed by atoms with Crippen LogP contribution in [0.1, 0.15) is 29.3 Å². The average Bonchev–Trinajstić information content (AvgIpc) is 3.23. The van der Waals surface area contributed by atoms with Gasteiger partial charge in [0.2, 0.25) is 5.91 Å². The summed E-state index contributed by atoms with van der Waals surface area (Å²) in [6.45, 7) is 4.41. The molecule has 1 atom stereocenters. The summed E-state index contributed by atoms with van der Waals surface area (Å²) < 4.78 is 18.8. The Morgan fingerprint density at radius 1 is 1.19 bits per heavy atom. The number of aromatic nitrogens is 2. The fraction of sp³-hybridized carbons (Fsp3) is 0.250. The number of amides is 1. The minimum Gasteiger partial charge on any atom is -0.334 e. The molecule has 1 aliphatic heterocycles.